The summed E-state index contributed by atoms with van der Waals surface area (Å²) in [5.74, 6) is -0.210. The summed E-state index contributed by atoms with van der Waals surface area (Å²) in [7, 11) is 0. The first kappa shape index (κ1) is 16.3. The van der Waals surface area contributed by atoms with Crippen LogP contribution in [0.1, 0.15) is 18.1 Å². The van der Waals surface area contributed by atoms with Crippen molar-refractivity contribution in [3.63, 3.8) is 0 Å². The molecule has 0 saturated heterocycles. The van der Waals surface area contributed by atoms with Gasteiger partial charge in [0.1, 0.15) is 6.04 Å². The minimum absolute atomic E-state index is 0.210. The lowest BCUT2D eigenvalue weighted by atomic mass is 10.0. The largest absolute Gasteiger partial charge is 0.465 e. The first-order valence-corrected chi connectivity index (χ1v) is 8.27. The number of para-hydroxylation sites is 1. The molecular weight excluding hydrogens is 300 g/mol. The molecule has 1 heterocycles. The van der Waals surface area contributed by atoms with Gasteiger partial charge in [0.2, 0.25) is 0 Å². The van der Waals surface area contributed by atoms with Crippen LogP contribution in [0.3, 0.4) is 0 Å². The van der Waals surface area contributed by atoms with E-state index in [4.69, 9.17) is 4.74 Å². The first-order chi connectivity index (χ1) is 11.8. The van der Waals surface area contributed by atoms with Gasteiger partial charge in [-0.3, -0.25) is 4.79 Å². The summed E-state index contributed by atoms with van der Waals surface area (Å²) in [5, 5.41) is 4.48. The number of esters is 1. The summed E-state index contributed by atoms with van der Waals surface area (Å²) in [6.45, 7) is 2.85. The van der Waals surface area contributed by atoms with Gasteiger partial charge in [0, 0.05) is 30.1 Å². The fraction of sp³-hybridized carbons (Fsp3) is 0.250. The van der Waals surface area contributed by atoms with Crippen molar-refractivity contribution < 1.29 is 9.53 Å². The Kier molecular flexibility index (Phi) is 5.29. The summed E-state index contributed by atoms with van der Waals surface area (Å²) in [5.41, 5.74) is 3.34. The second kappa shape index (κ2) is 7.79. The van der Waals surface area contributed by atoms with Crippen molar-refractivity contribution in [3.05, 3.63) is 71.9 Å². The molecule has 0 saturated carbocycles. The molecule has 0 spiro atoms. The molecule has 0 fully saturated rings. The van der Waals surface area contributed by atoms with E-state index in [2.05, 4.69) is 16.4 Å². The number of aromatic amines is 1. The van der Waals surface area contributed by atoms with Crippen molar-refractivity contribution in [3.8, 4) is 0 Å². The van der Waals surface area contributed by atoms with E-state index >= 15 is 0 Å². The number of hydrogen-bond donors (Lipinski definition) is 2. The molecule has 0 radical (unpaired) electrons. The number of hydrogen-bond acceptors (Lipinski definition) is 3. The molecule has 24 heavy (non-hydrogen) atoms. The minimum Gasteiger partial charge on any atom is -0.465 e. The lowest BCUT2D eigenvalue weighted by molar-refractivity contribution is -0.145. The Labute approximate surface area is 141 Å². The van der Waals surface area contributed by atoms with Crippen molar-refractivity contribution in [2.75, 3.05) is 6.61 Å². The monoisotopic (exact) mass is 322 g/mol. The van der Waals surface area contributed by atoms with E-state index in [0.717, 1.165) is 22.0 Å². The molecule has 0 aliphatic heterocycles. The van der Waals surface area contributed by atoms with E-state index in [1.807, 2.05) is 61.7 Å². The van der Waals surface area contributed by atoms with Crippen LogP contribution in [0.5, 0.6) is 0 Å². The van der Waals surface area contributed by atoms with Crippen LogP contribution in [0, 0.1) is 0 Å². The zero-order valence-electron chi connectivity index (χ0n) is 13.8. The normalized spacial score (nSPS) is 12.2. The van der Waals surface area contributed by atoms with Crippen LogP contribution in [0.15, 0.2) is 60.8 Å². The Morgan fingerprint density at radius 1 is 1.12 bits per heavy atom. The number of aromatic nitrogens is 1. The average Bonchev–Trinajstić information content (AvgIpc) is 3.02. The van der Waals surface area contributed by atoms with Gasteiger partial charge in [0.25, 0.3) is 0 Å². The zero-order valence-corrected chi connectivity index (χ0v) is 13.8. The van der Waals surface area contributed by atoms with E-state index < -0.39 is 0 Å². The predicted molar refractivity (Wildman–Crippen MR) is 95.7 cm³/mol. The highest BCUT2D eigenvalue weighted by Gasteiger charge is 2.21. The number of carbonyl (C=O) groups is 1. The van der Waals surface area contributed by atoms with Gasteiger partial charge in [0.15, 0.2) is 0 Å². The summed E-state index contributed by atoms with van der Waals surface area (Å²) in [6.07, 6.45) is 2.57. The maximum absolute atomic E-state index is 12.3. The molecule has 1 atom stereocenters. The van der Waals surface area contributed by atoms with Gasteiger partial charge >= 0.3 is 5.97 Å². The van der Waals surface area contributed by atoms with Crippen molar-refractivity contribution in [2.45, 2.75) is 25.9 Å². The summed E-state index contributed by atoms with van der Waals surface area (Å²) in [4.78, 5) is 15.6. The van der Waals surface area contributed by atoms with Crippen molar-refractivity contribution in [1.82, 2.24) is 10.3 Å². The smallest absolute Gasteiger partial charge is 0.323 e. The van der Waals surface area contributed by atoms with Crippen LogP contribution in [-0.2, 0) is 22.5 Å². The lowest BCUT2D eigenvalue weighted by Crippen LogP contribution is -2.39. The highest BCUT2D eigenvalue weighted by Crippen LogP contribution is 2.19. The molecule has 0 unspecified atom stereocenters. The first-order valence-electron chi connectivity index (χ1n) is 8.27. The number of fused-ring (bicyclic) bond motifs is 1. The molecule has 3 rings (SSSR count). The lowest BCUT2D eigenvalue weighted by Gasteiger charge is -2.17. The minimum atomic E-state index is -0.371. The summed E-state index contributed by atoms with van der Waals surface area (Å²) in [6, 6.07) is 17.8. The Morgan fingerprint density at radius 2 is 1.88 bits per heavy atom. The third-order valence-electron chi connectivity index (χ3n) is 4.07. The van der Waals surface area contributed by atoms with Crippen molar-refractivity contribution >= 4 is 16.9 Å². The number of nitrogens with one attached hydrogen (secondary N) is 2. The SMILES string of the molecule is CCOC(=O)[C@H](Cc1c[nH]c2ccccc12)NCc1ccccc1. The van der Waals surface area contributed by atoms with Crippen LogP contribution in [0.4, 0.5) is 0 Å². The average molecular weight is 322 g/mol. The molecule has 124 valence electrons. The second-order valence-corrected chi connectivity index (χ2v) is 5.73. The van der Waals surface area contributed by atoms with E-state index in [1.54, 1.807) is 0 Å². The zero-order chi connectivity index (χ0) is 16.8. The fourth-order valence-electron chi connectivity index (χ4n) is 2.84. The molecule has 2 aromatic carbocycles. The molecule has 3 aromatic rings. The number of rotatable bonds is 7. The fourth-order valence-corrected chi connectivity index (χ4v) is 2.84. The summed E-state index contributed by atoms with van der Waals surface area (Å²) >= 11 is 0. The van der Waals surface area contributed by atoms with E-state index in [9.17, 15) is 4.79 Å². The molecule has 0 aliphatic rings. The van der Waals surface area contributed by atoms with Gasteiger partial charge < -0.3 is 15.0 Å². The van der Waals surface area contributed by atoms with E-state index in [-0.39, 0.29) is 12.0 Å². The standard InChI is InChI=1S/C20H22N2O2/c1-2-24-20(23)19(21-13-15-8-4-3-5-9-15)12-16-14-22-18-11-7-6-10-17(16)18/h3-11,14,19,21-22H,2,12-13H2,1H3/t19-/m0/s1. The molecule has 4 heteroatoms. The van der Waals surface area contributed by atoms with Gasteiger partial charge in [0.05, 0.1) is 6.61 Å². The highest BCUT2D eigenvalue weighted by atomic mass is 16.5. The van der Waals surface area contributed by atoms with Gasteiger partial charge in [-0.1, -0.05) is 48.5 Å². The van der Waals surface area contributed by atoms with Gasteiger partial charge in [-0.05, 0) is 24.1 Å². The molecule has 0 aliphatic carbocycles. The Hall–Kier alpha value is -2.59. The van der Waals surface area contributed by atoms with Gasteiger partial charge in [-0.25, -0.2) is 0 Å². The molecule has 2 N–H and O–H groups in total. The van der Waals surface area contributed by atoms with Crippen LogP contribution >= 0.6 is 0 Å². The highest BCUT2D eigenvalue weighted by molar-refractivity contribution is 5.84. The Morgan fingerprint density at radius 3 is 2.67 bits per heavy atom. The summed E-state index contributed by atoms with van der Waals surface area (Å²) < 4.78 is 5.24. The van der Waals surface area contributed by atoms with E-state index in [1.165, 1.54) is 0 Å². The van der Waals surface area contributed by atoms with Crippen LogP contribution in [0.2, 0.25) is 0 Å². The van der Waals surface area contributed by atoms with Crippen LogP contribution < -0.4 is 5.32 Å². The molecule has 0 bridgehead atoms. The van der Waals surface area contributed by atoms with Crippen LogP contribution in [-0.4, -0.2) is 23.6 Å². The molecular formula is C20H22N2O2. The third-order valence-corrected chi connectivity index (χ3v) is 4.07. The van der Waals surface area contributed by atoms with Crippen molar-refractivity contribution in [2.24, 2.45) is 0 Å². The second-order valence-electron chi connectivity index (χ2n) is 5.73. The van der Waals surface area contributed by atoms with Gasteiger partial charge in [-0.2, -0.15) is 0 Å². The van der Waals surface area contributed by atoms with Crippen molar-refractivity contribution in [1.29, 1.82) is 0 Å². The maximum Gasteiger partial charge on any atom is 0.323 e. The molecule has 1 aromatic heterocycles. The number of benzene rings is 2. The number of H-pyrrole nitrogens is 1. The van der Waals surface area contributed by atoms with Gasteiger partial charge in [-0.15, -0.1) is 0 Å². The molecule has 0 amide bonds. The quantitative estimate of drug-likeness (QED) is 0.655. The number of carbonyl (C=O) groups excluding carboxylic acids is 1. The predicted octanol–water partition coefficient (Wildman–Crippen LogP) is 3.43. The van der Waals surface area contributed by atoms with Crippen LogP contribution in [0.25, 0.3) is 10.9 Å². The maximum atomic E-state index is 12.3. The topological polar surface area (TPSA) is 54.1 Å². The Bertz CT molecular complexity index is 796. The Balaban J connectivity index is 1.75. The third kappa shape index (κ3) is 3.84. The number of ether oxygens (including phenoxy) is 1. The van der Waals surface area contributed by atoms with E-state index in [0.29, 0.717) is 19.6 Å². The molecule has 4 nitrogen and oxygen atoms in total.